The number of hydrogen-bond donors (Lipinski definition) is 1. The maximum atomic E-state index is 12.9. The van der Waals surface area contributed by atoms with Gasteiger partial charge in [0.05, 0.1) is 11.4 Å². The van der Waals surface area contributed by atoms with Gasteiger partial charge in [0.15, 0.2) is 9.84 Å². The maximum Gasteiger partial charge on any atom is 0.155 e. The highest BCUT2D eigenvalue weighted by molar-refractivity contribution is 7.92. The molecule has 1 N–H and O–H groups in total. The van der Waals surface area contributed by atoms with Gasteiger partial charge in [-0.2, -0.15) is 0 Å². The summed E-state index contributed by atoms with van der Waals surface area (Å²) in [5.74, 6) is -0.529. The van der Waals surface area contributed by atoms with Crippen molar-refractivity contribution in [1.29, 1.82) is 0 Å². The molecular weight excluding hydrogens is 231 g/mol. The van der Waals surface area contributed by atoms with Gasteiger partial charge in [-0.05, 0) is 24.6 Å². The van der Waals surface area contributed by atoms with Crippen molar-refractivity contribution in [3.05, 3.63) is 35.6 Å². The molecule has 0 aliphatic rings. The second-order valence-electron chi connectivity index (χ2n) is 3.66. The summed E-state index contributed by atoms with van der Waals surface area (Å²) in [6.07, 6.45) is -1.19. The van der Waals surface area contributed by atoms with Crippen LogP contribution in [0, 0.1) is 5.82 Å². The van der Waals surface area contributed by atoms with Gasteiger partial charge in [-0.3, -0.25) is 0 Å². The molecule has 0 saturated carbocycles. The van der Waals surface area contributed by atoms with Gasteiger partial charge in [0, 0.05) is 5.75 Å². The Morgan fingerprint density at radius 2 is 2.06 bits per heavy atom. The molecular formula is C11H15FO3S. The van der Waals surface area contributed by atoms with Gasteiger partial charge in [0.1, 0.15) is 5.82 Å². The standard InChI is InChI=1S/C11H15FO3S/c1-3-16(14,15)8(2)11(13)9-5-4-6-10(12)7-9/h4-8,11,13H,3H2,1-2H3/t8-,11+/m1/s1. The molecule has 3 nitrogen and oxygen atoms in total. The van der Waals surface area contributed by atoms with Crippen LogP contribution in [0.15, 0.2) is 24.3 Å². The number of sulfone groups is 1. The Hall–Kier alpha value is -0.940. The average molecular weight is 246 g/mol. The van der Waals surface area contributed by atoms with E-state index in [0.717, 1.165) is 6.07 Å². The summed E-state index contributed by atoms with van der Waals surface area (Å²) in [5.41, 5.74) is 0.282. The summed E-state index contributed by atoms with van der Waals surface area (Å²) >= 11 is 0. The van der Waals surface area contributed by atoms with Crippen LogP contribution in [0.1, 0.15) is 25.5 Å². The van der Waals surface area contributed by atoms with Crippen LogP contribution < -0.4 is 0 Å². The first-order chi connectivity index (χ1) is 7.38. The molecule has 0 radical (unpaired) electrons. The number of aliphatic hydroxyl groups excluding tert-OH is 1. The van der Waals surface area contributed by atoms with Gasteiger partial charge in [-0.25, -0.2) is 12.8 Å². The smallest absolute Gasteiger partial charge is 0.155 e. The molecule has 0 amide bonds. The van der Waals surface area contributed by atoms with E-state index in [1.165, 1.54) is 32.0 Å². The molecule has 1 rings (SSSR count). The molecule has 0 bridgehead atoms. The average Bonchev–Trinajstić information content (AvgIpc) is 2.27. The monoisotopic (exact) mass is 246 g/mol. The van der Waals surface area contributed by atoms with E-state index in [4.69, 9.17) is 0 Å². The van der Waals surface area contributed by atoms with Gasteiger partial charge >= 0.3 is 0 Å². The Kier molecular flexibility index (Phi) is 4.04. The van der Waals surface area contributed by atoms with Crippen molar-refractivity contribution in [3.63, 3.8) is 0 Å². The molecule has 0 spiro atoms. The second-order valence-corrected chi connectivity index (χ2v) is 6.30. The Labute approximate surface area is 94.8 Å². The number of benzene rings is 1. The van der Waals surface area contributed by atoms with Crippen LogP contribution in [-0.2, 0) is 9.84 Å². The quantitative estimate of drug-likeness (QED) is 0.879. The Balaban J connectivity index is 2.99. The maximum absolute atomic E-state index is 12.9. The minimum Gasteiger partial charge on any atom is -0.387 e. The van der Waals surface area contributed by atoms with Crippen LogP contribution in [-0.4, -0.2) is 24.5 Å². The normalized spacial score (nSPS) is 15.8. The highest BCUT2D eigenvalue weighted by Gasteiger charge is 2.27. The largest absolute Gasteiger partial charge is 0.387 e. The topological polar surface area (TPSA) is 54.4 Å². The van der Waals surface area contributed by atoms with E-state index >= 15 is 0 Å². The summed E-state index contributed by atoms with van der Waals surface area (Å²) in [6.45, 7) is 2.94. The molecule has 1 aromatic rings. The van der Waals surface area contributed by atoms with E-state index in [9.17, 15) is 17.9 Å². The summed E-state index contributed by atoms with van der Waals surface area (Å²) in [7, 11) is -3.33. The molecule has 1 aromatic carbocycles. The summed E-state index contributed by atoms with van der Waals surface area (Å²) in [6, 6.07) is 5.34. The third-order valence-electron chi connectivity index (χ3n) is 2.60. The Bertz CT molecular complexity index is 456. The minimum absolute atomic E-state index is 0.0411. The first kappa shape index (κ1) is 13.1. The number of halogens is 1. The lowest BCUT2D eigenvalue weighted by Gasteiger charge is -2.18. The summed E-state index contributed by atoms with van der Waals surface area (Å²) < 4.78 is 36.0. The van der Waals surface area contributed by atoms with Crippen LogP contribution >= 0.6 is 0 Å². The van der Waals surface area contributed by atoms with Crippen molar-refractivity contribution in [3.8, 4) is 0 Å². The van der Waals surface area contributed by atoms with E-state index in [1.807, 2.05) is 0 Å². The highest BCUT2D eigenvalue weighted by atomic mass is 32.2. The minimum atomic E-state index is -3.33. The molecule has 0 heterocycles. The fourth-order valence-corrected chi connectivity index (χ4v) is 2.50. The predicted octanol–water partition coefficient (Wildman–Crippen LogP) is 1.68. The first-order valence-electron chi connectivity index (χ1n) is 5.03. The van der Waals surface area contributed by atoms with Gasteiger partial charge in [-0.1, -0.05) is 19.1 Å². The van der Waals surface area contributed by atoms with Crippen molar-refractivity contribution < 1.29 is 17.9 Å². The van der Waals surface area contributed by atoms with Crippen molar-refractivity contribution >= 4 is 9.84 Å². The zero-order valence-electron chi connectivity index (χ0n) is 9.22. The molecule has 0 unspecified atom stereocenters. The molecule has 0 fully saturated rings. The summed E-state index contributed by atoms with van der Waals surface area (Å²) in [5, 5.41) is 8.90. The summed E-state index contributed by atoms with van der Waals surface area (Å²) in [4.78, 5) is 0. The van der Waals surface area contributed by atoms with E-state index in [1.54, 1.807) is 0 Å². The van der Waals surface area contributed by atoms with Gasteiger partial charge in [-0.15, -0.1) is 0 Å². The van der Waals surface area contributed by atoms with Crippen molar-refractivity contribution in [2.24, 2.45) is 0 Å². The van der Waals surface area contributed by atoms with E-state index in [0.29, 0.717) is 0 Å². The van der Waals surface area contributed by atoms with Gasteiger partial charge < -0.3 is 5.11 Å². The fraction of sp³-hybridized carbons (Fsp3) is 0.455. The first-order valence-corrected chi connectivity index (χ1v) is 6.75. The lowest BCUT2D eigenvalue weighted by atomic mass is 10.1. The lowest BCUT2D eigenvalue weighted by Crippen LogP contribution is -2.26. The number of hydrogen-bond acceptors (Lipinski definition) is 3. The fourth-order valence-electron chi connectivity index (χ4n) is 1.42. The molecule has 0 aliphatic heterocycles. The zero-order chi connectivity index (χ0) is 12.3. The molecule has 2 atom stereocenters. The van der Waals surface area contributed by atoms with E-state index < -0.39 is 27.0 Å². The molecule has 5 heteroatoms. The highest BCUT2D eigenvalue weighted by Crippen LogP contribution is 2.22. The molecule has 0 aliphatic carbocycles. The zero-order valence-corrected chi connectivity index (χ0v) is 10.0. The Morgan fingerprint density at radius 1 is 1.44 bits per heavy atom. The predicted molar refractivity (Wildman–Crippen MR) is 60.3 cm³/mol. The SMILES string of the molecule is CCS(=O)(=O)[C@H](C)[C@H](O)c1cccc(F)c1. The van der Waals surface area contributed by atoms with Crippen molar-refractivity contribution in [1.82, 2.24) is 0 Å². The van der Waals surface area contributed by atoms with Crippen LogP contribution in [0.5, 0.6) is 0 Å². The third kappa shape index (κ3) is 2.80. The van der Waals surface area contributed by atoms with Crippen molar-refractivity contribution in [2.45, 2.75) is 25.2 Å². The molecule has 16 heavy (non-hydrogen) atoms. The second kappa shape index (κ2) is 4.93. The number of aliphatic hydroxyl groups is 1. The molecule has 90 valence electrons. The molecule has 0 aromatic heterocycles. The molecule has 0 saturated heterocycles. The van der Waals surface area contributed by atoms with E-state index in [2.05, 4.69) is 0 Å². The van der Waals surface area contributed by atoms with Gasteiger partial charge in [0.25, 0.3) is 0 Å². The van der Waals surface area contributed by atoms with Gasteiger partial charge in [0.2, 0.25) is 0 Å². The third-order valence-corrected chi connectivity index (χ3v) is 4.80. The van der Waals surface area contributed by atoms with E-state index in [-0.39, 0.29) is 11.3 Å². The van der Waals surface area contributed by atoms with Crippen LogP contribution in [0.25, 0.3) is 0 Å². The van der Waals surface area contributed by atoms with Crippen LogP contribution in [0.2, 0.25) is 0 Å². The van der Waals surface area contributed by atoms with Crippen LogP contribution in [0.4, 0.5) is 4.39 Å². The van der Waals surface area contributed by atoms with Crippen LogP contribution in [0.3, 0.4) is 0 Å². The lowest BCUT2D eigenvalue weighted by molar-refractivity contribution is 0.175. The number of rotatable bonds is 4. The van der Waals surface area contributed by atoms with Crippen molar-refractivity contribution in [2.75, 3.05) is 5.75 Å². The Morgan fingerprint density at radius 3 is 2.56 bits per heavy atom.